The topological polar surface area (TPSA) is 73.1 Å². The minimum Gasteiger partial charge on any atom is -0.497 e. The maximum Gasteiger partial charge on any atom is 0.234 e. The first-order valence-electron chi connectivity index (χ1n) is 9.33. The Hall–Kier alpha value is -2.59. The van der Waals surface area contributed by atoms with Crippen molar-refractivity contribution in [3.63, 3.8) is 0 Å². The number of ether oxygens (including phenoxy) is 1. The lowest BCUT2D eigenvalue weighted by atomic mass is 10.2. The third kappa shape index (κ3) is 4.59. The summed E-state index contributed by atoms with van der Waals surface area (Å²) in [4.78, 5) is 14.6. The van der Waals surface area contributed by atoms with Crippen molar-refractivity contribution in [3.05, 3.63) is 65.5 Å². The molecule has 30 heavy (non-hydrogen) atoms. The second-order valence-electron chi connectivity index (χ2n) is 6.59. The van der Waals surface area contributed by atoms with Crippen LogP contribution in [-0.2, 0) is 11.3 Å². The molecule has 1 fully saturated rings. The van der Waals surface area contributed by atoms with Gasteiger partial charge < -0.3 is 9.64 Å². The fraction of sp³-hybridized carbons (Fsp3) is 0.300. The Morgan fingerprint density at radius 3 is 2.83 bits per heavy atom. The van der Waals surface area contributed by atoms with E-state index in [0.717, 1.165) is 17.1 Å². The number of rotatable bonds is 7. The minimum absolute atomic E-state index is 0.0581. The second kappa shape index (κ2) is 9.48. The number of halogens is 1. The smallest absolute Gasteiger partial charge is 0.234 e. The van der Waals surface area contributed by atoms with Gasteiger partial charge in [-0.1, -0.05) is 42.1 Å². The van der Waals surface area contributed by atoms with Gasteiger partial charge in [-0.05, 0) is 34.2 Å². The molecule has 1 unspecified atom stereocenters. The van der Waals surface area contributed by atoms with Crippen LogP contribution < -0.4 is 4.74 Å². The van der Waals surface area contributed by atoms with Gasteiger partial charge in [0, 0.05) is 17.9 Å². The van der Waals surface area contributed by atoms with Crippen LogP contribution in [0.4, 0.5) is 4.39 Å². The summed E-state index contributed by atoms with van der Waals surface area (Å²) < 4.78 is 21.0. The summed E-state index contributed by atoms with van der Waals surface area (Å²) in [5.41, 5.74) is 1.56. The summed E-state index contributed by atoms with van der Waals surface area (Å²) >= 11 is 2.86. The van der Waals surface area contributed by atoms with Gasteiger partial charge in [0.15, 0.2) is 0 Å². The van der Waals surface area contributed by atoms with Gasteiger partial charge in [0.2, 0.25) is 11.1 Å². The third-order valence-electron chi connectivity index (χ3n) is 4.70. The Morgan fingerprint density at radius 1 is 1.27 bits per heavy atom. The average molecular weight is 446 g/mol. The van der Waals surface area contributed by atoms with Crippen molar-refractivity contribution in [2.75, 3.05) is 25.2 Å². The molecule has 0 radical (unpaired) electrons. The highest BCUT2D eigenvalue weighted by Gasteiger charge is 2.32. The quantitative estimate of drug-likeness (QED) is 0.517. The molecule has 0 N–H and O–H groups in total. The van der Waals surface area contributed by atoms with Gasteiger partial charge in [-0.25, -0.2) is 9.07 Å². The number of hydrogen-bond donors (Lipinski definition) is 0. The van der Waals surface area contributed by atoms with E-state index in [1.807, 2.05) is 24.3 Å². The largest absolute Gasteiger partial charge is 0.497 e. The monoisotopic (exact) mass is 445 g/mol. The molecule has 7 nitrogen and oxygen atoms in total. The molecule has 1 aliphatic heterocycles. The Kier molecular flexibility index (Phi) is 6.53. The van der Waals surface area contributed by atoms with Crippen LogP contribution in [0.1, 0.15) is 16.5 Å². The van der Waals surface area contributed by atoms with Crippen LogP contribution in [0, 0.1) is 5.82 Å². The third-order valence-corrected chi connectivity index (χ3v) is 6.88. The Balaban J connectivity index is 1.39. The van der Waals surface area contributed by atoms with Crippen LogP contribution >= 0.6 is 23.5 Å². The summed E-state index contributed by atoms with van der Waals surface area (Å²) in [6.45, 7) is 1.09. The van der Waals surface area contributed by atoms with Gasteiger partial charge in [-0.3, -0.25) is 4.79 Å². The van der Waals surface area contributed by atoms with Crippen LogP contribution in [0.3, 0.4) is 0 Å². The van der Waals surface area contributed by atoms with Gasteiger partial charge >= 0.3 is 0 Å². The predicted octanol–water partition coefficient (Wildman–Crippen LogP) is 3.24. The molecule has 1 amide bonds. The van der Waals surface area contributed by atoms with Crippen molar-refractivity contribution in [2.45, 2.75) is 17.1 Å². The summed E-state index contributed by atoms with van der Waals surface area (Å²) in [6, 6.07) is 14.3. The molecular weight excluding hydrogens is 425 g/mol. The Morgan fingerprint density at radius 2 is 2.07 bits per heavy atom. The van der Waals surface area contributed by atoms with Crippen molar-refractivity contribution < 1.29 is 13.9 Å². The summed E-state index contributed by atoms with van der Waals surface area (Å²) in [5, 5.41) is 12.1. The number of tetrazole rings is 1. The molecule has 156 valence electrons. The van der Waals surface area contributed by atoms with Gasteiger partial charge in [0.25, 0.3) is 0 Å². The van der Waals surface area contributed by atoms with Crippen LogP contribution in [0.15, 0.2) is 53.7 Å². The molecule has 3 aromatic rings. The molecule has 0 spiro atoms. The van der Waals surface area contributed by atoms with Gasteiger partial charge in [0.05, 0.1) is 19.4 Å². The number of nitrogens with zero attached hydrogens (tertiary/aromatic N) is 5. The zero-order valence-electron chi connectivity index (χ0n) is 16.3. The van der Waals surface area contributed by atoms with E-state index in [1.54, 1.807) is 46.7 Å². The number of amides is 1. The van der Waals surface area contributed by atoms with E-state index in [9.17, 15) is 9.18 Å². The lowest BCUT2D eigenvalue weighted by molar-refractivity contribution is -0.128. The van der Waals surface area contributed by atoms with E-state index in [4.69, 9.17) is 4.74 Å². The number of benzene rings is 2. The van der Waals surface area contributed by atoms with Gasteiger partial charge in [-0.2, -0.15) is 0 Å². The first kappa shape index (κ1) is 20.7. The maximum atomic E-state index is 14.2. The van der Waals surface area contributed by atoms with Gasteiger partial charge in [0.1, 0.15) is 16.9 Å². The lowest BCUT2D eigenvalue weighted by Gasteiger charge is -2.24. The van der Waals surface area contributed by atoms with Crippen LogP contribution in [0.25, 0.3) is 0 Å². The summed E-state index contributed by atoms with van der Waals surface area (Å²) in [7, 11) is 1.62. The molecule has 10 heteroatoms. The highest BCUT2D eigenvalue weighted by molar-refractivity contribution is 8.00. The molecule has 1 saturated heterocycles. The highest BCUT2D eigenvalue weighted by atomic mass is 32.2. The second-order valence-corrected chi connectivity index (χ2v) is 8.72. The van der Waals surface area contributed by atoms with Crippen LogP contribution in [-0.4, -0.2) is 56.2 Å². The normalized spacial score (nSPS) is 16.1. The van der Waals surface area contributed by atoms with Crippen molar-refractivity contribution in [1.82, 2.24) is 25.1 Å². The van der Waals surface area contributed by atoms with E-state index >= 15 is 0 Å². The molecule has 4 rings (SSSR count). The zero-order chi connectivity index (χ0) is 20.9. The number of hydrogen-bond acceptors (Lipinski definition) is 7. The minimum atomic E-state index is -0.297. The van der Waals surface area contributed by atoms with E-state index in [1.165, 1.54) is 17.8 Å². The number of carbonyl (C=O) groups is 1. The maximum absolute atomic E-state index is 14.2. The zero-order valence-corrected chi connectivity index (χ0v) is 17.9. The van der Waals surface area contributed by atoms with Crippen molar-refractivity contribution in [3.8, 4) is 5.75 Å². The van der Waals surface area contributed by atoms with E-state index in [0.29, 0.717) is 23.8 Å². The highest BCUT2D eigenvalue weighted by Crippen LogP contribution is 2.39. The molecule has 0 bridgehead atoms. The van der Waals surface area contributed by atoms with E-state index in [-0.39, 0.29) is 22.9 Å². The summed E-state index contributed by atoms with van der Waals surface area (Å²) in [5.74, 6) is 1.41. The molecule has 2 aromatic carbocycles. The lowest BCUT2D eigenvalue weighted by Crippen LogP contribution is -2.32. The SMILES string of the molecule is COc1ccc(Cn2nnnc2SCC(=O)N2CCSC2c2ccccc2F)cc1. The first-order valence-corrected chi connectivity index (χ1v) is 11.4. The average Bonchev–Trinajstić information content (AvgIpc) is 3.42. The van der Waals surface area contributed by atoms with Crippen molar-refractivity contribution >= 4 is 29.4 Å². The number of methoxy groups -OCH3 is 1. The standard InChI is InChI=1S/C20H20FN5O2S2/c1-28-15-8-6-14(7-9-15)12-26-20(22-23-24-26)30-13-18(27)25-10-11-29-19(25)16-4-2-3-5-17(16)21/h2-9,19H,10-13H2,1H3. The predicted molar refractivity (Wildman–Crippen MR) is 114 cm³/mol. The molecule has 2 heterocycles. The fourth-order valence-electron chi connectivity index (χ4n) is 3.17. The molecule has 0 aliphatic carbocycles. The fourth-order valence-corrected chi connectivity index (χ4v) is 5.23. The molecule has 1 aliphatic rings. The summed E-state index contributed by atoms with van der Waals surface area (Å²) in [6.07, 6.45) is 0. The van der Waals surface area contributed by atoms with E-state index < -0.39 is 0 Å². The molecular formula is C20H20FN5O2S2. The Bertz CT molecular complexity index is 1010. The van der Waals surface area contributed by atoms with Crippen LogP contribution in [0.5, 0.6) is 5.75 Å². The van der Waals surface area contributed by atoms with Gasteiger partial charge in [-0.15, -0.1) is 16.9 Å². The Labute approximate surface area is 182 Å². The first-order chi connectivity index (χ1) is 14.7. The molecule has 1 aromatic heterocycles. The number of thioether (sulfide) groups is 2. The number of aromatic nitrogens is 4. The van der Waals surface area contributed by atoms with Crippen molar-refractivity contribution in [2.24, 2.45) is 0 Å². The van der Waals surface area contributed by atoms with E-state index in [2.05, 4.69) is 15.5 Å². The number of carbonyl (C=O) groups excluding carboxylic acids is 1. The molecule has 0 saturated carbocycles. The van der Waals surface area contributed by atoms with Crippen LogP contribution in [0.2, 0.25) is 0 Å². The van der Waals surface area contributed by atoms with Crippen molar-refractivity contribution in [1.29, 1.82) is 0 Å². The molecule has 1 atom stereocenters.